The Morgan fingerprint density at radius 3 is 2.57 bits per heavy atom. The normalized spacial score (nSPS) is 20.1. The molecule has 74 valence electrons. The lowest BCUT2D eigenvalue weighted by molar-refractivity contribution is -0.112. The van der Waals surface area contributed by atoms with Gasteiger partial charge >= 0.3 is 0 Å². The lowest BCUT2D eigenvalue weighted by Gasteiger charge is -2.17. The molecular weight excluding hydrogens is 263 g/mol. The van der Waals surface area contributed by atoms with Crippen molar-refractivity contribution in [3.63, 3.8) is 0 Å². The third-order valence-electron chi connectivity index (χ3n) is 2.75. The second kappa shape index (κ2) is 3.67. The van der Waals surface area contributed by atoms with Crippen molar-refractivity contribution in [2.75, 3.05) is 0 Å². The summed E-state index contributed by atoms with van der Waals surface area (Å²) in [5.41, 5.74) is 0.809. The van der Waals surface area contributed by atoms with Crippen LogP contribution in [0.2, 0.25) is 5.02 Å². The van der Waals surface area contributed by atoms with E-state index in [1.54, 1.807) is 0 Å². The molecule has 1 nitrogen and oxygen atoms in total. The summed E-state index contributed by atoms with van der Waals surface area (Å²) < 4.78 is 0. The van der Waals surface area contributed by atoms with Crippen LogP contribution in [0.3, 0.4) is 0 Å². The fourth-order valence-electron chi connectivity index (χ4n) is 1.57. The van der Waals surface area contributed by atoms with Gasteiger partial charge in [-0.05, 0) is 24.5 Å². The molecule has 2 rings (SSSR count). The molecule has 0 radical (unpaired) electrons. The smallest absolute Gasteiger partial charge is 0.127 e. The van der Waals surface area contributed by atoms with Gasteiger partial charge in [-0.1, -0.05) is 45.7 Å². The number of carbonyl (C=O) groups excluding carboxylic acids is 1. The Bertz CT molecular complexity index is 360. The summed E-state index contributed by atoms with van der Waals surface area (Å²) in [4.78, 5) is 11.0. The summed E-state index contributed by atoms with van der Waals surface area (Å²) in [6, 6.07) is 7.65. The summed E-state index contributed by atoms with van der Waals surface area (Å²) >= 11 is 9.63. The molecule has 1 saturated carbocycles. The molecule has 1 fully saturated rings. The van der Waals surface area contributed by atoms with Crippen molar-refractivity contribution in [2.24, 2.45) is 5.41 Å². The number of carbonyl (C=O) groups is 1. The summed E-state index contributed by atoms with van der Waals surface area (Å²) in [7, 11) is 0. The van der Waals surface area contributed by atoms with Crippen LogP contribution in [0.15, 0.2) is 24.3 Å². The van der Waals surface area contributed by atoms with Gasteiger partial charge in [0.15, 0.2) is 0 Å². The van der Waals surface area contributed by atoms with Crippen LogP contribution in [0.4, 0.5) is 0 Å². The van der Waals surface area contributed by atoms with E-state index in [1.807, 2.05) is 24.3 Å². The predicted octanol–water partition coefficient (Wildman–Crippen LogP) is 3.76. The highest BCUT2D eigenvalue weighted by molar-refractivity contribution is 9.09. The van der Waals surface area contributed by atoms with Crippen molar-refractivity contribution in [3.05, 3.63) is 34.9 Å². The minimum Gasteiger partial charge on any atom is -0.303 e. The van der Waals surface area contributed by atoms with Gasteiger partial charge in [0.05, 0.1) is 4.83 Å². The monoisotopic (exact) mass is 272 g/mol. The molecule has 1 aromatic rings. The van der Waals surface area contributed by atoms with Gasteiger partial charge in [0.1, 0.15) is 6.29 Å². The molecular formula is C11H10BrClO. The van der Waals surface area contributed by atoms with Gasteiger partial charge in [0, 0.05) is 10.4 Å². The molecule has 0 spiro atoms. The maximum atomic E-state index is 10.9. The van der Waals surface area contributed by atoms with Crippen molar-refractivity contribution in [1.29, 1.82) is 0 Å². The predicted molar refractivity (Wildman–Crippen MR) is 60.9 cm³/mol. The molecule has 1 atom stereocenters. The molecule has 1 aliphatic carbocycles. The van der Waals surface area contributed by atoms with E-state index >= 15 is 0 Å². The lowest BCUT2D eigenvalue weighted by Crippen LogP contribution is -2.10. The molecule has 0 aromatic heterocycles. The topological polar surface area (TPSA) is 17.1 Å². The van der Waals surface area contributed by atoms with Gasteiger partial charge in [0.2, 0.25) is 0 Å². The second-order valence-corrected chi connectivity index (χ2v) is 5.06. The van der Waals surface area contributed by atoms with Crippen LogP contribution in [0.1, 0.15) is 23.2 Å². The van der Waals surface area contributed by atoms with Crippen LogP contribution in [0.25, 0.3) is 0 Å². The molecule has 3 heteroatoms. The van der Waals surface area contributed by atoms with Crippen LogP contribution < -0.4 is 0 Å². The average Bonchev–Trinajstić information content (AvgIpc) is 2.98. The first-order chi connectivity index (χ1) is 6.69. The Morgan fingerprint density at radius 2 is 2.07 bits per heavy atom. The molecule has 0 bridgehead atoms. The maximum absolute atomic E-state index is 10.9. The minimum absolute atomic E-state index is 0.0567. The van der Waals surface area contributed by atoms with Gasteiger partial charge in [-0.25, -0.2) is 0 Å². The van der Waals surface area contributed by atoms with E-state index in [4.69, 9.17) is 11.6 Å². The fraction of sp³-hybridized carbons (Fsp3) is 0.364. The maximum Gasteiger partial charge on any atom is 0.127 e. The Labute approximate surface area is 96.6 Å². The van der Waals surface area contributed by atoms with Gasteiger partial charge in [-0.2, -0.15) is 0 Å². The SMILES string of the molecule is O=CC1(C(Br)c2ccccc2Cl)CC1. The van der Waals surface area contributed by atoms with Gasteiger partial charge < -0.3 is 4.79 Å². The molecule has 1 aromatic carbocycles. The average molecular weight is 274 g/mol. The lowest BCUT2D eigenvalue weighted by atomic mass is 9.98. The Morgan fingerprint density at radius 1 is 1.43 bits per heavy atom. The highest BCUT2D eigenvalue weighted by Crippen LogP contribution is 2.58. The highest BCUT2D eigenvalue weighted by Gasteiger charge is 2.49. The van der Waals surface area contributed by atoms with Crippen molar-refractivity contribution in [2.45, 2.75) is 17.7 Å². The summed E-state index contributed by atoms with van der Waals surface area (Å²) in [6.07, 6.45) is 2.96. The molecule has 1 unspecified atom stereocenters. The third kappa shape index (κ3) is 1.61. The fourth-order valence-corrected chi connectivity index (χ4v) is 2.91. The largest absolute Gasteiger partial charge is 0.303 e. The second-order valence-electron chi connectivity index (χ2n) is 3.74. The first-order valence-corrected chi connectivity index (χ1v) is 5.84. The number of hydrogen-bond acceptors (Lipinski definition) is 1. The van der Waals surface area contributed by atoms with Gasteiger partial charge in [-0.3, -0.25) is 0 Å². The van der Waals surface area contributed by atoms with Crippen LogP contribution in [-0.2, 0) is 4.79 Å². The summed E-state index contributed by atoms with van der Waals surface area (Å²) in [5, 5.41) is 0.725. The van der Waals surface area contributed by atoms with Gasteiger partial charge in [0.25, 0.3) is 0 Å². The summed E-state index contributed by atoms with van der Waals surface area (Å²) in [6.45, 7) is 0. The number of aldehydes is 1. The summed E-state index contributed by atoms with van der Waals surface area (Å²) in [5.74, 6) is 0. The van der Waals surface area contributed by atoms with Crippen molar-refractivity contribution < 1.29 is 4.79 Å². The quantitative estimate of drug-likeness (QED) is 0.605. The Balaban J connectivity index is 2.32. The van der Waals surface area contributed by atoms with Crippen molar-refractivity contribution in [3.8, 4) is 0 Å². The van der Waals surface area contributed by atoms with Crippen LogP contribution in [0.5, 0.6) is 0 Å². The first kappa shape index (κ1) is 10.2. The number of alkyl halides is 1. The van der Waals surface area contributed by atoms with E-state index in [0.717, 1.165) is 29.7 Å². The van der Waals surface area contributed by atoms with E-state index in [0.29, 0.717) is 0 Å². The molecule has 0 N–H and O–H groups in total. The van der Waals surface area contributed by atoms with E-state index in [-0.39, 0.29) is 10.2 Å². The standard InChI is InChI=1S/C11H10BrClO/c12-10(11(7-14)5-6-11)8-3-1-2-4-9(8)13/h1-4,7,10H,5-6H2. The van der Waals surface area contributed by atoms with E-state index in [9.17, 15) is 4.79 Å². The minimum atomic E-state index is -0.203. The number of halogens is 2. The Hall–Kier alpha value is -0.340. The van der Waals surface area contributed by atoms with Crippen LogP contribution >= 0.6 is 27.5 Å². The molecule has 0 aliphatic heterocycles. The molecule has 14 heavy (non-hydrogen) atoms. The van der Waals surface area contributed by atoms with Crippen LogP contribution in [0, 0.1) is 5.41 Å². The first-order valence-electron chi connectivity index (χ1n) is 4.54. The Kier molecular flexibility index (Phi) is 2.67. The van der Waals surface area contributed by atoms with Crippen LogP contribution in [-0.4, -0.2) is 6.29 Å². The molecule has 0 amide bonds. The van der Waals surface area contributed by atoms with Crippen molar-refractivity contribution >= 4 is 33.8 Å². The number of benzene rings is 1. The highest BCUT2D eigenvalue weighted by atomic mass is 79.9. The zero-order chi connectivity index (χ0) is 10.2. The van der Waals surface area contributed by atoms with E-state index in [1.165, 1.54) is 0 Å². The third-order valence-corrected chi connectivity index (χ3v) is 4.49. The molecule has 1 aliphatic rings. The van der Waals surface area contributed by atoms with E-state index < -0.39 is 0 Å². The zero-order valence-corrected chi connectivity index (χ0v) is 9.88. The molecule has 0 heterocycles. The van der Waals surface area contributed by atoms with E-state index in [2.05, 4.69) is 15.9 Å². The molecule has 0 saturated heterocycles. The van der Waals surface area contributed by atoms with Gasteiger partial charge in [-0.15, -0.1) is 0 Å². The van der Waals surface area contributed by atoms with Crippen molar-refractivity contribution in [1.82, 2.24) is 0 Å². The zero-order valence-electron chi connectivity index (χ0n) is 7.54. The number of hydrogen-bond donors (Lipinski definition) is 0. The number of rotatable bonds is 3.